The molecule has 3 nitrogen and oxygen atoms in total. The highest BCUT2D eigenvalue weighted by molar-refractivity contribution is 6.04. The summed E-state index contributed by atoms with van der Waals surface area (Å²) >= 11 is 0. The van der Waals surface area contributed by atoms with Gasteiger partial charge in [0, 0.05) is 16.9 Å². The molecule has 174 valence electrons. The second-order valence-corrected chi connectivity index (χ2v) is 9.80. The van der Waals surface area contributed by atoms with Crippen LogP contribution in [0.1, 0.15) is 58.3 Å². The molecular weight excluding hydrogens is 437 g/mol. The van der Waals surface area contributed by atoms with Crippen LogP contribution in [-0.2, 0) is 6.18 Å². The van der Waals surface area contributed by atoms with Crippen LogP contribution in [0, 0.1) is 17.8 Å². The summed E-state index contributed by atoms with van der Waals surface area (Å²) in [6.45, 7) is 0. The van der Waals surface area contributed by atoms with Crippen molar-refractivity contribution in [2.75, 3.05) is 10.6 Å². The fourth-order valence-electron chi connectivity index (χ4n) is 6.59. The van der Waals surface area contributed by atoms with Crippen LogP contribution in [0.25, 0.3) is 0 Å². The predicted molar refractivity (Wildman–Crippen MR) is 126 cm³/mol. The fourth-order valence-corrected chi connectivity index (χ4v) is 6.59. The number of anilines is 2. The Hall–Kier alpha value is -3.28. The van der Waals surface area contributed by atoms with Gasteiger partial charge in [-0.25, -0.2) is 0 Å². The lowest BCUT2D eigenvalue weighted by molar-refractivity contribution is -0.137. The van der Waals surface area contributed by atoms with Gasteiger partial charge in [-0.3, -0.25) is 4.79 Å². The molecule has 2 N–H and O–H groups in total. The number of rotatable bonds is 3. The maximum atomic E-state index is 13.0. The Morgan fingerprint density at radius 2 is 1.71 bits per heavy atom. The van der Waals surface area contributed by atoms with Gasteiger partial charge in [0.05, 0.1) is 11.6 Å². The summed E-state index contributed by atoms with van der Waals surface area (Å²) in [5, 5.41) is 6.40. The maximum Gasteiger partial charge on any atom is 0.416 e. The molecule has 34 heavy (non-hydrogen) atoms. The van der Waals surface area contributed by atoms with E-state index in [1.165, 1.54) is 42.5 Å². The summed E-state index contributed by atoms with van der Waals surface area (Å²) in [6.07, 6.45) is -0.764. The highest BCUT2D eigenvalue weighted by Gasteiger charge is 2.53. The minimum absolute atomic E-state index is 0.137. The van der Waals surface area contributed by atoms with Crippen molar-refractivity contribution in [3.8, 4) is 0 Å². The largest absolute Gasteiger partial charge is 0.416 e. The van der Waals surface area contributed by atoms with Crippen LogP contribution in [0.15, 0.2) is 72.8 Å². The van der Waals surface area contributed by atoms with Gasteiger partial charge in [0.15, 0.2) is 0 Å². The summed E-state index contributed by atoms with van der Waals surface area (Å²) < 4.78 is 39.1. The molecule has 2 fully saturated rings. The van der Waals surface area contributed by atoms with Gasteiger partial charge >= 0.3 is 6.18 Å². The van der Waals surface area contributed by atoms with E-state index in [1.54, 1.807) is 6.07 Å². The van der Waals surface area contributed by atoms with Crippen molar-refractivity contribution in [2.45, 2.75) is 37.4 Å². The lowest BCUT2D eigenvalue weighted by Gasteiger charge is -2.43. The van der Waals surface area contributed by atoms with Gasteiger partial charge in [0.1, 0.15) is 0 Å². The smallest absolute Gasteiger partial charge is 0.378 e. The van der Waals surface area contributed by atoms with Gasteiger partial charge < -0.3 is 10.6 Å². The van der Waals surface area contributed by atoms with Crippen molar-refractivity contribution in [3.05, 3.63) is 95.1 Å². The minimum atomic E-state index is -4.45. The van der Waals surface area contributed by atoms with Crippen LogP contribution in [0.5, 0.6) is 0 Å². The average molecular weight is 463 g/mol. The Bertz CT molecular complexity index is 1240. The first-order valence-corrected chi connectivity index (χ1v) is 11.8. The Kier molecular flexibility index (Phi) is 4.94. The van der Waals surface area contributed by atoms with E-state index in [0.717, 1.165) is 17.8 Å². The van der Waals surface area contributed by atoms with Crippen LogP contribution in [0.2, 0.25) is 0 Å². The van der Waals surface area contributed by atoms with Gasteiger partial charge in [-0.1, -0.05) is 36.4 Å². The number of carbonyl (C=O) groups is 1. The first-order valence-electron chi connectivity index (χ1n) is 11.8. The number of fused-ring (bicyclic) bond motifs is 7. The van der Waals surface area contributed by atoms with Crippen molar-refractivity contribution in [1.29, 1.82) is 0 Å². The Labute approximate surface area is 196 Å². The van der Waals surface area contributed by atoms with Crippen LogP contribution in [0.3, 0.4) is 0 Å². The number of halogens is 3. The van der Waals surface area contributed by atoms with E-state index in [0.29, 0.717) is 29.2 Å². The third kappa shape index (κ3) is 3.56. The van der Waals surface area contributed by atoms with E-state index in [4.69, 9.17) is 0 Å². The molecule has 0 unspecified atom stereocenters. The zero-order valence-corrected chi connectivity index (χ0v) is 18.5. The molecule has 0 aromatic heterocycles. The molecule has 1 aliphatic heterocycles. The van der Waals surface area contributed by atoms with Gasteiger partial charge in [-0.15, -0.1) is 0 Å². The summed E-state index contributed by atoms with van der Waals surface area (Å²) in [6, 6.07) is 21.2. The van der Waals surface area contributed by atoms with Gasteiger partial charge in [0.2, 0.25) is 0 Å². The summed E-state index contributed by atoms with van der Waals surface area (Å²) in [5.74, 6) is 1.76. The van der Waals surface area contributed by atoms with Crippen molar-refractivity contribution in [1.82, 2.24) is 0 Å². The number of benzene rings is 3. The molecule has 2 aliphatic carbocycles. The van der Waals surface area contributed by atoms with Crippen molar-refractivity contribution >= 4 is 17.3 Å². The SMILES string of the molecule is O=C(Nc1cccc(C(F)(F)F)c1)c1ccc2c(c1)[C@@H]1[C@H]3CC[C@@H](C3)[C@@H]1[C@H](c1ccccc1)N2. The zero-order chi connectivity index (χ0) is 23.4. The molecule has 2 saturated carbocycles. The number of carbonyl (C=O) groups excluding carboxylic acids is 1. The molecular formula is C28H25F3N2O. The maximum absolute atomic E-state index is 13.0. The number of nitrogens with one attached hydrogen (secondary N) is 2. The van der Waals surface area contributed by atoms with Crippen LogP contribution in [-0.4, -0.2) is 5.91 Å². The second kappa shape index (κ2) is 7.90. The van der Waals surface area contributed by atoms with Crippen molar-refractivity contribution in [3.63, 3.8) is 0 Å². The Balaban J connectivity index is 1.31. The molecule has 1 heterocycles. The van der Waals surface area contributed by atoms with E-state index in [-0.39, 0.29) is 11.7 Å². The van der Waals surface area contributed by atoms with Crippen molar-refractivity contribution in [2.24, 2.45) is 17.8 Å². The fraction of sp³-hybridized carbons (Fsp3) is 0.321. The van der Waals surface area contributed by atoms with Crippen LogP contribution < -0.4 is 10.6 Å². The first kappa shape index (κ1) is 21.3. The molecule has 0 radical (unpaired) electrons. The summed E-state index contributed by atoms with van der Waals surface area (Å²) in [4.78, 5) is 13.0. The molecule has 6 rings (SSSR count). The van der Waals surface area contributed by atoms with E-state index in [1.807, 2.05) is 18.2 Å². The molecule has 6 heteroatoms. The molecule has 3 aliphatic rings. The highest BCUT2D eigenvalue weighted by Crippen LogP contribution is 2.63. The van der Waals surface area contributed by atoms with Crippen LogP contribution in [0.4, 0.5) is 24.5 Å². The van der Waals surface area contributed by atoms with E-state index in [2.05, 4.69) is 34.9 Å². The summed E-state index contributed by atoms with van der Waals surface area (Å²) in [7, 11) is 0. The normalized spacial score (nSPS) is 27.0. The lowest BCUT2D eigenvalue weighted by Crippen LogP contribution is -2.35. The molecule has 0 saturated heterocycles. The Morgan fingerprint density at radius 3 is 2.50 bits per heavy atom. The quantitative estimate of drug-likeness (QED) is 0.430. The molecule has 2 bridgehead atoms. The van der Waals surface area contributed by atoms with Crippen molar-refractivity contribution < 1.29 is 18.0 Å². The number of hydrogen-bond donors (Lipinski definition) is 2. The van der Waals surface area contributed by atoms with Gasteiger partial charge in [-0.05, 0) is 90.5 Å². The van der Waals surface area contributed by atoms with E-state index in [9.17, 15) is 18.0 Å². The zero-order valence-electron chi connectivity index (χ0n) is 18.5. The third-order valence-corrected chi connectivity index (χ3v) is 7.96. The molecule has 3 aromatic carbocycles. The molecule has 5 atom stereocenters. The average Bonchev–Trinajstić information content (AvgIpc) is 3.46. The molecule has 1 amide bonds. The number of amides is 1. The third-order valence-electron chi connectivity index (χ3n) is 7.96. The first-order chi connectivity index (χ1) is 16.4. The van der Waals surface area contributed by atoms with Gasteiger partial charge in [0.25, 0.3) is 5.91 Å². The molecule has 0 spiro atoms. The second-order valence-electron chi connectivity index (χ2n) is 9.80. The summed E-state index contributed by atoms with van der Waals surface area (Å²) in [5.41, 5.74) is 3.34. The molecule has 3 aromatic rings. The number of hydrogen-bond acceptors (Lipinski definition) is 2. The minimum Gasteiger partial charge on any atom is -0.378 e. The van der Waals surface area contributed by atoms with E-state index < -0.39 is 17.6 Å². The monoisotopic (exact) mass is 462 g/mol. The predicted octanol–water partition coefficient (Wildman–Crippen LogP) is 7.25. The standard InChI is InChI=1S/C28H25F3N2O/c29-28(30,31)20-7-4-8-21(15-20)32-27(34)19-11-12-23-22(14-19)24-17-9-10-18(13-17)25(24)26(33-23)16-5-2-1-3-6-16/h1-8,11-12,14-15,17-18,24-26,33H,9-10,13H2,(H,32,34)/t17-,18-,24-,25-,26-/m0/s1. The topological polar surface area (TPSA) is 41.1 Å². The van der Waals surface area contributed by atoms with E-state index >= 15 is 0 Å². The highest BCUT2D eigenvalue weighted by atomic mass is 19.4. The number of alkyl halides is 3. The van der Waals surface area contributed by atoms with Gasteiger partial charge in [-0.2, -0.15) is 13.2 Å². The lowest BCUT2D eigenvalue weighted by atomic mass is 9.68. The van der Waals surface area contributed by atoms with Crippen LogP contribution >= 0.6 is 0 Å². The Morgan fingerprint density at radius 1 is 0.912 bits per heavy atom.